The van der Waals surface area contributed by atoms with Crippen molar-refractivity contribution in [3.8, 4) is 0 Å². The highest BCUT2D eigenvalue weighted by atomic mass is 16.3. The zero-order chi connectivity index (χ0) is 23.1. The molecule has 0 aliphatic heterocycles. The molecule has 2 saturated carbocycles. The number of pyridine rings is 1. The van der Waals surface area contributed by atoms with E-state index in [1.807, 2.05) is 12.1 Å². The zero-order valence-electron chi connectivity index (χ0n) is 18.8. The molecule has 8 heteroatoms. The number of hydrogen-bond acceptors (Lipinski definition) is 7. The number of aromatic nitrogens is 4. The standard InChI is InChI=1S/C26H28N6O2/c27-21-7-6-12-4-5-13(8-18(12)31-21)15-9-16(15)17-10-20(24(34)23(17)33)32-19-3-1-2-14(19)22-25(28)29-11-30-26(22)32/h4-8,11,15-17,20,23-24,33-34H,1-3,9-10H2,(H2,27,31)(H2,28,29,30)/t15-,16-,17+,20+,23+,24-/m0/s1. The summed E-state index contributed by atoms with van der Waals surface area (Å²) >= 11 is 0. The van der Waals surface area contributed by atoms with Gasteiger partial charge in [-0.2, -0.15) is 0 Å². The molecule has 0 unspecified atom stereocenters. The van der Waals surface area contributed by atoms with E-state index in [1.165, 1.54) is 23.1 Å². The number of rotatable bonds is 3. The van der Waals surface area contributed by atoms with Gasteiger partial charge in [-0.25, -0.2) is 15.0 Å². The van der Waals surface area contributed by atoms with Gasteiger partial charge in [0.1, 0.15) is 29.7 Å². The van der Waals surface area contributed by atoms with E-state index in [2.05, 4.69) is 37.7 Å². The van der Waals surface area contributed by atoms with Crippen molar-refractivity contribution in [2.24, 2.45) is 11.8 Å². The fourth-order valence-corrected chi connectivity index (χ4v) is 6.79. The Morgan fingerprint density at radius 3 is 2.68 bits per heavy atom. The van der Waals surface area contributed by atoms with Crippen molar-refractivity contribution in [2.45, 2.75) is 56.3 Å². The van der Waals surface area contributed by atoms with E-state index >= 15 is 0 Å². The number of hydrogen-bond donors (Lipinski definition) is 4. The first-order valence-corrected chi connectivity index (χ1v) is 12.2. The third-order valence-electron chi connectivity index (χ3n) is 8.45. The Hall–Kier alpha value is -3.23. The minimum absolute atomic E-state index is 0.0307. The van der Waals surface area contributed by atoms with Crippen LogP contribution in [0.3, 0.4) is 0 Å². The highest BCUT2D eigenvalue weighted by Crippen LogP contribution is 2.58. The van der Waals surface area contributed by atoms with Gasteiger partial charge >= 0.3 is 0 Å². The maximum Gasteiger partial charge on any atom is 0.146 e. The van der Waals surface area contributed by atoms with Crippen LogP contribution in [-0.2, 0) is 12.8 Å². The van der Waals surface area contributed by atoms with Gasteiger partial charge in [0.25, 0.3) is 0 Å². The Morgan fingerprint density at radius 2 is 1.79 bits per heavy atom. The molecule has 3 aliphatic carbocycles. The number of aryl methyl sites for hydroxylation is 1. The van der Waals surface area contributed by atoms with Gasteiger partial charge in [-0.05, 0) is 79.2 Å². The number of nitrogens with two attached hydrogens (primary N) is 2. The SMILES string of the molecule is Nc1ccc2ccc([C@@H]3C[C@@H]3[C@H]3C[C@@H](n4c5c(c6c(N)ncnc64)CCC5)[C@H](O)[C@@H]3O)cc2n1. The summed E-state index contributed by atoms with van der Waals surface area (Å²) < 4.78 is 2.17. The van der Waals surface area contributed by atoms with E-state index in [4.69, 9.17) is 11.5 Å². The molecule has 3 aliphatic rings. The summed E-state index contributed by atoms with van der Waals surface area (Å²) in [6, 6.07) is 9.97. The van der Waals surface area contributed by atoms with Crippen LogP contribution in [0.4, 0.5) is 11.6 Å². The average molecular weight is 457 g/mol. The van der Waals surface area contributed by atoms with Crippen molar-refractivity contribution in [1.29, 1.82) is 0 Å². The van der Waals surface area contributed by atoms with E-state index in [9.17, 15) is 10.2 Å². The smallest absolute Gasteiger partial charge is 0.146 e. The third kappa shape index (κ3) is 2.82. The van der Waals surface area contributed by atoms with Crippen LogP contribution in [0.5, 0.6) is 0 Å². The summed E-state index contributed by atoms with van der Waals surface area (Å²) in [7, 11) is 0. The second kappa shape index (κ2) is 7.13. The molecular formula is C26H28N6O2. The van der Waals surface area contributed by atoms with Crippen LogP contribution in [0.15, 0.2) is 36.7 Å². The van der Waals surface area contributed by atoms with Crippen LogP contribution in [-0.4, -0.2) is 41.9 Å². The van der Waals surface area contributed by atoms with Crippen molar-refractivity contribution in [3.63, 3.8) is 0 Å². The van der Waals surface area contributed by atoms with E-state index in [0.717, 1.165) is 54.0 Å². The lowest BCUT2D eigenvalue weighted by atomic mass is 9.95. The number of nitrogen functional groups attached to an aromatic ring is 2. The second-order valence-corrected chi connectivity index (χ2v) is 10.2. The fourth-order valence-electron chi connectivity index (χ4n) is 6.79. The van der Waals surface area contributed by atoms with Crippen LogP contribution < -0.4 is 11.5 Å². The molecule has 0 saturated heterocycles. The van der Waals surface area contributed by atoms with Gasteiger partial charge < -0.3 is 26.2 Å². The molecule has 0 radical (unpaired) electrons. The normalized spacial score (nSPS) is 30.3. The molecule has 34 heavy (non-hydrogen) atoms. The Labute approximate surface area is 196 Å². The summed E-state index contributed by atoms with van der Waals surface area (Å²) in [6.45, 7) is 0. The van der Waals surface area contributed by atoms with Gasteiger partial charge in [0.05, 0.1) is 23.0 Å². The lowest BCUT2D eigenvalue weighted by Gasteiger charge is -2.21. The molecule has 3 heterocycles. The lowest BCUT2D eigenvalue weighted by Crippen LogP contribution is -2.30. The largest absolute Gasteiger partial charge is 0.390 e. The number of aliphatic hydroxyl groups is 2. The first kappa shape index (κ1) is 20.2. The van der Waals surface area contributed by atoms with Crippen LogP contribution in [0.2, 0.25) is 0 Å². The summed E-state index contributed by atoms with van der Waals surface area (Å²) in [5.41, 5.74) is 17.5. The molecule has 4 aromatic rings. The van der Waals surface area contributed by atoms with E-state index in [0.29, 0.717) is 23.5 Å². The Bertz CT molecular complexity index is 1450. The Kier molecular flexibility index (Phi) is 4.23. The quantitative estimate of drug-likeness (QED) is 0.372. The Morgan fingerprint density at radius 1 is 0.941 bits per heavy atom. The maximum atomic E-state index is 11.2. The molecular weight excluding hydrogens is 428 g/mol. The highest BCUT2D eigenvalue weighted by molar-refractivity contribution is 5.91. The summed E-state index contributed by atoms with van der Waals surface area (Å²) in [6.07, 6.45) is 4.59. The van der Waals surface area contributed by atoms with E-state index in [1.54, 1.807) is 0 Å². The van der Waals surface area contributed by atoms with Crippen LogP contribution in [0.25, 0.3) is 21.9 Å². The summed E-state index contributed by atoms with van der Waals surface area (Å²) in [5, 5.41) is 24.3. The van der Waals surface area contributed by atoms with Crippen LogP contribution >= 0.6 is 0 Å². The third-order valence-corrected chi connectivity index (χ3v) is 8.45. The first-order valence-electron chi connectivity index (χ1n) is 12.2. The molecule has 3 aromatic heterocycles. The number of fused-ring (bicyclic) bond motifs is 4. The number of anilines is 2. The lowest BCUT2D eigenvalue weighted by molar-refractivity contribution is 0.00235. The summed E-state index contributed by atoms with van der Waals surface area (Å²) in [4.78, 5) is 13.2. The van der Waals surface area contributed by atoms with Crippen LogP contribution in [0.1, 0.15) is 48.0 Å². The number of aliphatic hydroxyl groups excluding tert-OH is 2. The molecule has 0 spiro atoms. The number of nitrogens with zero attached hydrogens (tertiary/aromatic N) is 4. The minimum atomic E-state index is -0.833. The second-order valence-electron chi connectivity index (χ2n) is 10.2. The van der Waals surface area contributed by atoms with Crippen molar-refractivity contribution >= 4 is 33.6 Å². The predicted octanol–water partition coefficient (Wildman–Crippen LogP) is 2.72. The van der Waals surface area contributed by atoms with Gasteiger partial charge in [0.15, 0.2) is 0 Å². The van der Waals surface area contributed by atoms with Crippen molar-refractivity contribution < 1.29 is 10.2 Å². The Balaban J connectivity index is 1.21. The predicted molar refractivity (Wildman–Crippen MR) is 130 cm³/mol. The van der Waals surface area contributed by atoms with Gasteiger partial charge in [-0.1, -0.05) is 12.1 Å². The van der Waals surface area contributed by atoms with Crippen LogP contribution in [0, 0.1) is 11.8 Å². The van der Waals surface area contributed by atoms with Crippen molar-refractivity contribution in [1.82, 2.24) is 19.5 Å². The molecule has 2 fully saturated rings. The fraction of sp³-hybridized carbons (Fsp3) is 0.423. The topological polar surface area (TPSA) is 136 Å². The molecule has 8 nitrogen and oxygen atoms in total. The van der Waals surface area contributed by atoms with E-state index < -0.39 is 12.2 Å². The molecule has 7 rings (SSSR count). The van der Waals surface area contributed by atoms with Gasteiger partial charge in [-0.3, -0.25) is 0 Å². The molecule has 0 bridgehead atoms. The molecule has 1 aromatic carbocycles. The van der Waals surface area contributed by atoms with Gasteiger partial charge in [0, 0.05) is 11.1 Å². The van der Waals surface area contributed by atoms with Crippen molar-refractivity contribution in [3.05, 3.63) is 53.5 Å². The van der Waals surface area contributed by atoms with Gasteiger partial charge in [0.2, 0.25) is 0 Å². The molecule has 174 valence electrons. The minimum Gasteiger partial charge on any atom is -0.390 e. The summed E-state index contributed by atoms with van der Waals surface area (Å²) in [5.74, 6) is 1.75. The van der Waals surface area contributed by atoms with Crippen molar-refractivity contribution in [2.75, 3.05) is 11.5 Å². The monoisotopic (exact) mass is 456 g/mol. The molecule has 6 atom stereocenters. The highest BCUT2D eigenvalue weighted by Gasteiger charge is 2.54. The first-order chi connectivity index (χ1) is 16.5. The average Bonchev–Trinajstić information content (AvgIpc) is 3.23. The van der Waals surface area contributed by atoms with Gasteiger partial charge in [-0.15, -0.1) is 0 Å². The number of benzene rings is 1. The molecule has 6 N–H and O–H groups in total. The zero-order valence-corrected chi connectivity index (χ0v) is 18.8. The maximum absolute atomic E-state index is 11.2. The van der Waals surface area contributed by atoms with E-state index in [-0.39, 0.29) is 12.0 Å². The molecule has 0 amide bonds.